The van der Waals surface area contributed by atoms with Gasteiger partial charge < -0.3 is 10.8 Å². The predicted octanol–water partition coefficient (Wildman–Crippen LogP) is 1.69. The molecule has 2 rings (SSSR count). The first-order valence-corrected chi connectivity index (χ1v) is 7.20. The molecule has 2 fully saturated rings. The molecule has 0 saturated heterocycles. The molecule has 18 heavy (non-hydrogen) atoms. The van der Waals surface area contributed by atoms with E-state index in [9.17, 15) is 9.90 Å². The Bertz CT molecular complexity index is 311. The zero-order valence-corrected chi connectivity index (χ0v) is 11.6. The van der Waals surface area contributed by atoms with Crippen molar-refractivity contribution in [1.29, 1.82) is 0 Å². The second-order valence-corrected chi connectivity index (χ2v) is 6.50. The Kier molecular flexibility index (Phi) is 3.97. The number of nitrogens with two attached hydrogens (primary N) is 1. The van der Waals surface area contributed by atoms with Crippen LogP contribution in [-0.2, 0) is 4.79 Å². The molecule has 0 bridgehead atoms. The van der Waals surface area contributed by atoms with Crippen LogP contribution in [0.4, 0.5) is 0 Å². The summed E-state index contributed by atoms with van der Waals surface area (Å²) in [5.41, 5.74) is 5.16. The van der Waals surface area contributed by atoms with Gasteiger partial charge in [0.15, 0.2) is 0 Å². The third kappa shape index (κ3) is 3.23. The number of carboxylic acid groups (broad SMARTS) is 1. The molecule has 2 saturated carbocycles. The van der Waals surface area contributed by atoms with Crippen molar-refractivity contribution in [3.8, 4) is 0 Å². The standard InChI is InChI=1S/C14H26N2O2/c1-10(2)7-8-16(12-5-6-12)9-14(15,13(17)18)11-3-4-11/h10-12H,3-9,15H2,1-2H3,(H,17,18). The maximum absolute atomic E-state index is 11.5. The number of rotatable bonds is 8. The molecule has 4 heteroatoms. The van der Waals surface area contributed by atoms with Crippen molar-refractivity contribution >= 4 is 5.97 Å². The van der Waals surface area contributed by atoms with Crippen LogP contribution in [0, 0.1) is 11.8 Å². The van der Waals surface area contributed by atoms with Crippen molar-refractivity contribution in [2.75, 3.05) is 13.1 Å². The van der Waals surface area contributed by atoms with Crippen LogP contribution in [0.3, 0.4) is 0 Å². The maximum atomic E-state index is 11.5. The topological polar surface area (TPSA) is 66.6 Å². The number of nitrogens with zero attached hydrogens (tertiary/aromatic N) is 1. The molecule has 0 aliphatic heterocycles. The lowest BCUT2D eigenvalue weighted by atomic mass is 9.93. The van der Waals surface area contributed by atoms with Gasteiger partial charge in [-0.1, -0.05) is 13.8 Å². The van der Waals surface area contributed by atoms with E-state index in [-0.39, 0.29) is 5.92 Å². The van der Waals surface area contributed by atoms with Crippen molar-refractivity contribution in [1.82, 2.24) is 4.90 Å². The quantitative estimate of drug-likeness (QED) is 0.692. The Morgan fingerprint density at radius 2 is 2.00 bits per heavy atom. The summed E-state index contributed by atoms with van der Waals surface area (Å²) in [5.74, 6) is 0.0275. The highest BCUT2D eigenvalue weighted by molar-refractivity contribution is 5.79. The van der Waals surface area contributed by atoms with Crippen molar-refractivity contribution < 1.29 is 9.90 Å². The Labute approximate surface area is 110 Å². The first kappa shape index (κ1) is 13.8. The zero-order chi connectivity index (χ0) is 13.3. The van der Waals surface area contributed by atoms with E-state index < -0.39 is 11.5 Å². The smallest absolute Gasteiger partial charge is 0.325 e. The van der Waals surface area contributed by atoms with E-state index in [2.05, 4.69) is 18.7 Å². The lowest BCUT2D eigenvalue weighted by Crippen LogP contribution is -2.58. The highest BCUT2D eigenvalue weighted by Gasteiger charge is 2.50. The van der Waals surface area contributed by atoms with Crippen LogP contribution in [0.15, 0.2) is 0 Å². The lowest BCUT2D eigenvalue weighted by molar-refractivity contribution is -0.145. The largest absolute Gasteiger partial charge is 0.480 e. The second-order valence-electron chi connectivity index (χ2n) is 6.50. The molecule has 104 valence electrons. The molecule has 0 aromatic heterocycles. The monoisotopic (exact) mass is 254 g/mol. The molecule has 0 heterocycles. The summed E-state index contributed by atoms with van der Waals surface area (Å²) in [7, 11) is 0. The summed E-state index contributed by atoms with van der Waals surface area (Å²) in [5, 5.41) is 9.42. The van der Waals surface area contributed by atoms with Crippen LogP contribution in [-0.4, -0.2) is 40.6 Å². The predicted molar refractivity (Wildman–Crippen MR) is 71.3 cm³/mol. The zero-order valence-electron chi connectivity index (χ0n) is 11.6. The maximum Gasteiger partial charge on any atom is 0.325 e. The van der Waals surface area contributed by atoms with E-state index in [1.54, 1.807) is 0 Å². The normalized spacial score (nSPS) is 23.4. The molecule has 0 amide bonds. The summed E-state index contributed by atoms with van der Waals surface area (Å²) in [6.07, 6.45) is 5.49. The van der Waals surface area contributed by atoms with E-state index >= 15 is 0 Å². The molecule has 0 radical (unpaired) electrons. The van der Waals surface area contributed by atoms with Crippen molar-refractivity contribution in [2.45, 2.75) is 57.5 Å². The first-order valence-electron chi connectivity index (χ1n) is 7.20. The molecule has 0 aromatic carbocycles. The third-order valence-corrected chi connectivity index (χ3v) is 4.23. The molecular weight excluding hydrogens is 228 g/mol. The van der Waals surface area contributed by atoms with Crippen LogP contribution in [0.2, 0.25) is 0 Å². The number of hydrogen-bond donors (Lipinski definition) is 2. The van der Waals surface area contributed by atoms with Gasteiger partial charge in [0.25, 0.3) is 0 Å². The number of hydrogen-bond acceptors (Lipinski definition) is 3. The minimum Gasteiger partial charge on any atom is -0.480 e. The van der Waals surface area contributed by atoms with Gasteiger partial charge in [-0.3, -0.25) is 9.69 Å². The van der Waals surface area contributed by atoms with Gasteiger partial charge in [0.1, 0.15) is 5.54 Å². The number of aliphatic carboxylic acids is 1. The van der Waals surface area contributed by atoms with Gasteiger partial charge in [-0.2, -0.15) is 0 Å². The van der Waals surface area contributed by atoms with Crippen LogP contribution >= 0.6 is 0 Å². The van der Waals surface area contributed by atoms with Crippen LogP contribution in [0.1, 0.15) is 46.0 Å². The highest BCUT2D eigenvalue weighted by atomic mass is 16.4. The lowest BCUT2D eigenvalue weighted by Gasteiger charge is -2.33. The molecular formula is C14H26N2O2. The minimum atomic E-state index is -1.01. The van der Waals surface area contributed by atoms with Crippen molar-refractivity contribution in [3.63, 3.8) is 0 Å². The van der Waals surface area contributed by atoms with E-state index in [0.29, 0.717) is 18.5 Å². The number of carbonyl (C=O) groups is 1. The summed E-state index contributed by atoms with van der Waals surface area (Å²) in [6, 6.07) is 0.588. The highest BCUT2D eigenvalue weighted by Crippen LogP contribution is 2.40. The summed E-state index contributed by atoms with van der Waals surface area (Å²) >= 11 is 0. The van der Waals surface area contributed by atoms with Gasteiger partial charge in [0.05, 0.1) is 0 Å². The minimum absolute atomic E-state index is 0.190. The summed E-state index contributed by atoms with van der Waals surface area (Å²) < 4.78 is 0. The van der Waals surface area contributed by atoms with E-state index in [1.807, 2.05) is 0 Å². The molecule has 1 unspecified atom stereocenters. The van der Waals surface area contributed by atoms with E-state index in [1.165, 1.54) is 12.8 Å². The Morgan fingerprint density at radius 1 is 1.39 bits per heavy atom. The van der Waals surface area contributed by atoms with Crippen LogP contribution in [0.5, 0.6) is 0 Å². The molecule has 0 aromatic rings. The van der Waals surface area contributed by atoms with E-state index in [0.717, 1.165) is 25.8 Å². The third-order valence-electron chi connectivity index (χ3n) is 4.23. The molecule has 2 aliphatic rings. The van der Waals surface area contributed by atoms with Gasteiger partial charge >= 0.3 is 5.97 Å². The van der Waals surface area contributed by atoms with Gasteiger partial charge in [-0.05, 0) is 50.5 Å². The SMILES string of the molecule is CC(C)CCN(CC(N)(C(=O)O)C1CC1)C1CC1. The van der Waals surface area contributed by atoms with Gasteiger partial charge in [-0.25, -0.2) is 0 Å². The van der Waals surface area contributed by atoms with Crippen molar-refractivity contribution in [2.24, 2.45) is 17.6 Å². The van der Waals surface area contributed by atoms with Crippen molar-refractivity contribution in [3.05, 3.63) is 0 Å². The fourth-order valence-corrected chi connectivity index (χ4v) is 2.56. The van der Waals surface area contributed by atoms with Gasteiger partial charge in [0.2, 0.25) is 0 Å². The van der Waals surface area contributed by atoms with Crippen LogP contribution < -0.4 is 5.73 Å². The molecule has 4 nitrogen and oxygen atoms in total. The first-order chi connectivity index (χ1) is 8.43. The fourth-order valence-electron chi connectivity index (χ4n) is 2.56. The molecule has 2 aliphatic carbocycles. The van der Waals surface area contributed by atoms with E-state index in [4.69, 9.17) is 5.73 Å². The molecule has 1 atom stereocenters. The van der Waals surface area contributed by atoms with Gasteiger partial charge in [0, 0.05) is 12.6 Å². The average Bonchev–Trinajstić information content (AvgIpc) is 3.16. The van der Waals surface area contributed by atoms with Gasteiger partial charge in [-0.15, -0.1) is 0 Å². The number of carboxylic acids is 1. The second kappa shape index (κ2) is 5.17. The fraction of sp³-hybridized carbons (Fsp3) is 0.929. The Hall–Kier alpha value is -0.610. The summed E-state index contributed by atoms with van der Waals surface area (Å²) in [4.78, 5) is 13.8. The average molecular weight is 254 g/mol. The van der Waals surface area contributed by atoms with Crippen LogP contribution in [0.25, 0.3) is 0 Å². The summed E-state index contributed by atoms with van der Waals surface area (Å²) in [6.45, 7) is 5.93. The Morgan fingerprint density at radius 3 is 2.39 bits per heavy atom. The Balaban J connectivity index is 1.95. The molecule has 0 spiro atoms. The molecule has 3 N–H and O–H groups in total.